The van der Waals surface area contributed by atoms with Crippen molar-refractivity contribution < 1.29 is 0 Å². The Hall–Kier alpha value is -6.64. The van der Waals surface area contributed by atoms with Gasteiger partial charge in [-0.2, -0.15) is 0 Å². The molecule has 10 aromatic rings. The molecule has 2 heteroatoms. The maximum Gasteiger partial charge on any atom is 0.160 e. The van der Waals surface area contributed by atoms with Gasteiger partial charge in [-0.15, -0.1) is 0 Å². The Morgan fingerprint density at radius 1 is 0.260 bits per heavy atom. The molecule has 2 nitrogen and oxygen atoms in total. The van der Waals surface area contributed by atoms with Gasteiger partial charge < -0.3 is 0 Å². The lowest BCUT2D eigenvalue weighted by Gasteiger charge is -2.12. The van der Waals surface area contributed by atoms with E-state index in [0.29, 0.717) is 0 Å². The van der Waals surface area contributed by atoms with E-state index in [1.54, 1.807) is 0 Å². The lowest BCUT2D eigenvalue weighted by molar-refractivity contribution is 1.29. The molecule has 50 heavy (non-hydrogen) atoms. The van der Waals surface area contributed by atoms with Crippen molar-refractivity contribution in [3.63, 3.8) is 0 Å². The minimum atomic E-state index is 0.745. The number of hydrogen-bond acceptors (Lipinski definition) is 2. The van der Waals surface area contributed by atoms with Gasteiger partial charge in [0, 0.05) is 16.5 Å². The molecule has 0 aliphatic rings. The Bertz CT molecular complexity index is 2710. The van der Waals surface area contributed by atoms with Crippen molar-refractivity contribution in [2.24, 2.45) is 0 Å². The van der Waals surface area contributed by atoms with Gasteiger partial charge in [-0.25, -0.2) is 9.97 Å². The summed E-state index contributed by atoms with van der Waals surface area (Å²) in [6.07, 6.45) is 0. The van der Waals surface area contributed by atoms with Crippen molar-refractivity contribution in [1.82, 2.24) is 9.97 Å². The molecule has 2 aromatic heterocycles. The highest BCUT2D eigenvalue weighted by Crippen LogP contribution is 2.37. The number of aromatic nitrogens is 2. The predicted molar refractivity (Wildman–Crippen MR) is 211 cm³/mol. The van der Waals surface area contributed by atoms with Gasteiger partial charge >= 0.3 is 0 Å². The van der Waals surface area contributed by atoms with Crippen LogP contribution >= 0.6 is 0 Å². The molecule has 10 rings (SSSR count). The first-order chi connectivity index (χ1) is 24.8. The second kappa shape index (κ2) is 11.5. The summed E-state index contributed by atoms with van der Waals surface area (Å²) in [5.74, 6) is 0. The monoisotopic (exact) mass is 634 g/mol. The highest BCUT2D eigenvalue weighted by molar-refractivity contribution is 6.15. The fourth-order valence-corrected chi connectivity index (χ4v) is 7.55. The summed E-state index contributed by atoms with van der Waals surface area (Å²) in [5.41, 5.74) is 9.57. The zero-order valence-corrected chi connectivity index (χ0v) is 27.2. The first-order valence-electron chi connectivity index (χ1n) is 17.1. The average Bonchev–Trinajstić information content (AvgIpc) is 3.20. The van der Waals surface area contributed by atoms with Crippen molar-refractivity contribution in [2.75, 3.05) is 0 Å². The SMILES string of the molecule is c1ccc2c(c1)cc(-c1ccc(-c3ccc4ccc(-c5ccc(-c6cc7ccccc7c7ccccc67)cc5)nc4n3)cc1)c1ccccc12. The van der Waals surface area contributed by atoms with Crippen molar-refractivity contribution in [3.8, 4) is 44.8 Å². The Balaban J connectivity index is 0.981. The predicted octanol–water partition coefficient (Wildman–Crippen LogP) is 12.9. The Kier molecular flexibility index (Phi) is 6.53. The number of fused-ring (bicyclic) bond motifs is 7. The third-order valence-corrected chi connectivity index (χ3v) is 10.1. The minimum absolute atomic E-state index is 0.745. The summed E-state index contributed by atoms with van der Waals surface area (Å²) in [6.45, 7) is 0. The van der Waals surface area contributed by atoms with Crippen molar-refractivity contribution >= 4 is 54.1 Å². The third kappa shape index (κ3) is 4.73. The number of benzene rings is 8. The lowest BCUT2D eigenvalue weighted by atomic mass is 9.93. The van der Waals surface area contributed by atoms with E-state index >= 15 is 0 Å². The zero-order valence-electron chi connectivity index (χ0n) is 27.2. The van der Waals surface area contributed by atoms with Crippen LogP contribution in [-0.2, 0) is 0 Å². The van der Waals surface area contributed by atoms with Gasteiger partial charge in [-0.3, -0.25) is 0 Å². The fraction of sp³-hybridized carbons (Fsp3) is 0. The van der Waals surface area contributed by atoms with E-state index in [4.69, 9.17) is 9.97 Å². The molecule has 0 atom stereocenters. The van der Waals surface area contributed by atoms with Gasteiger partial charge in [-0.05, 0) is 102 Å². The maximum absolute atomic E-state index is 5.04. The first-order valence-corrected chi connectivity index (χ1v) is 17.1. The first kappa shape index (κ1) is 28.4. The van der Waals surface area contributed by atoms with Crippen LogP contribution in [0.15, 0.2) is 182 Å². The summed E-state index contributed by atoms with van der Waals surface area (Å²) >= 11 is 0. The molecule has 0 N–H and O–H groups in total. The van der Waals surface area contributed by atoms with Crippen LogP contribution in [0, 0.1) is 0 Å². The molecule has 8 aromatic carbocycles. The number of nitrogens with zero attached hydrogens (tertiary/aromatic N) is 2. The van der Waals surface area contributed by atoms with Gasteiger partial charge in [0.25, 0.3) is 0 Å². The van der Waals surface area contributed by atoms with Crippen LogP contribution in [0.1, 0.15) is 0 Å². The van der Waals surface area contributed by atoms with Crippen LogP contribution in [-0.4, -0.2) is 9.97 Å². The number of pyridine rings is 2. The molecule has 0 bridgehead atoms. The Labute approximate surface area is 290 Å². The third-order valence-electron chi connectivity index (χ3n) is 10.1. The molecule has 0 unspecified atom stereocenters. The second-order valence-electron chi connectivity index (χ2n) is 13.0. The Morgan fingerprint density at radius 2 is 0.620 bits per heavy atom. The van der Waals surface area contributed by atoms with Gasteiger partial charge in [0.05, 0.1) is 11.4 Å². The molecular formula is C48H30N2. The summed E-state index contributed by atoms with van der Waals surface area (Å²) in [5, 5.41) is 11.2. The number of hydrogen-bond donors (Lipinski definition) is 0. The van der Waals surface area contributed by atoms with E-state index in [1.165, 1.54) is 65.3 Å². The highest BCUT2D eigenvalue weighted by atomic mass is 14.9. The molecule has 0 aliphatic heterocycles. The van der Waals surface area contributed by atoms with Crippen LogP contribution in [0.2, 0.25) is 0 Å². The molecule has 0 saturated heterocycles. The molecule has 2 heterocycles. The van der Waals surface area contributed by atoms with Crippen LogP contribution < -0.4 is 0 Å². The quantitative estimate of drug-likeness (QED) is 0.180. The zero-order chi connectivity index (χ0) is 33.0. The topological polar surface area (TPSA) is 25.8 Å². The minimum Gasteiger partial charge on any atom is -0.228 e. The molecule has 0 saturated carbocycles. The van der Waals surface area contributed by atoms with Crippen molar-refractivity contribution in [1.29, 1.82) is 0 Å². The molecule has 0 spiro atoms. The Morgan fingerprint density at radius 3 is 1.06 bits per heavy atom. The molecular weight excluding hydrogens is 605 g/mol. The van der Waals surface area contributed by atoms with Crippen molar-refractivity contribution in [2.45, 2.75) is 0 Å². The summed E-state index contributed by atoms with van der Waals surface area (Å²) < 4.78 is 0. The normalized spacial score (nSPS) is 11.6. The van der Waals surface area contributed by atoms with Crippen LogP contribution in [0.4, 0.5) is 0 Å². The average molecular weight is 635 g/mol. The standard InChI is InChI=1S/C48H30N2/c1-3-11-38-36(9-1)29-44(42-15-7-5-13-40(38)42)31-17-21-33(22-18-31)46-27-25-35-26-28-47(50-48(35)49-46)34-23-19-32(20-24-34)45-30-37-10-2-4-12-39(37)41-14-6-8-16-43(41)45/h1-30H. The van der Waals surface area contributed by atoms with Crippen LogP contribution in [0.3, 0.4) is 0 Å². The van der Waals surface area contributed by atoms with E-state index in [9.17, 15) is 0 Å². The molecule has 0 radical (unpaired) electrons. The van der Waals surface area contributed by atoms with E-state index < -0.39 is 0 Å². The molecule has 232 valence electrons. The molecule has 0 aliphatic carbocycles. The number of rotatable bonds is 4. The molecule has 0 fully saturated rings. The summed E-state index contributed by atoms with van der Waals surface area (Å²) in [6, 6.07) is 65.2. The summed E-state index contributed by atoms with van der Waals surface area (Å²) in [4.78, 5) is 10.1. The van der Waals surface area contributed by atoms with Crippen LogP contribution in [0.5, 0.6) is 0 Å². The second-order valence-corrected chi connectivity index (χ2v) is 13.0. The lowest BCUT2D eigenvalue weighted by Crippen LogP contribution is -1.91. The van der Waals surface area contributed by atoms with E-state index in [-0.39, 0.29) is 0 Å². The smallest absolute Gasteiger partial charge is 0.160 e. The maximum atomic E-state index is 5.04. The summed E-state index contributed by atoms with van der Waals surface area (Å²) in [7, 11) is 0. The van der Waals surface area contributed by atoms with Gasteiger partial charge in [0.1, 0.15) is 0 Å². The van der Waals surface area contributed by atoms with Gasteiger partial charge in [0.15, 0.2) is 5.65 Å². The van der Waals surface area contributed by atoms with E-state index in [0.717, 1.165) is 33.5 Å². The van der Waals surface area contributed by atoms with Gasteiger partial charge in [0.2, 0.25) is 0 Å². The van der Waals surface area contributed by atoms with Crippen molar-refractivity contribution in [3.05, 3.63) is 182 Å². The van der Waals surface area contributed by atoms with Gasteiger partial charge in [-0.1, -0.05) is 146 Å². The largest absolute Gasteiger partial charge is 0.228 e. The van der Waals surface area contributed by atoms with Crippen LogP contribution in [0.25, 0.3) is 98.9 Å². The molecule has 0 amide bonds. The fourth-order valence-electron chi connectivity index (χ4n) is 7.55. The van der Waals surface area contributed by atoms with E-state index in [2.05, 4.69) is 182 Å². The van der Waals surface area contributed by atoms with E-state index in [1.807, 2.05) is 0 Å². The highest BCUT2D eigenvalue weighted by Gasteiger charge is 2.12.